The Morgan fingerprint density at radius 2 is 2.20 bits per heavy atom. The number of nitrogens with zero attached hydrogens (tertiary/aromatic N) is 2. The monoisotopic (exact) mass is 200 g/mol. The van der Waals surface area contributed by atoms with E-state index in [9.17, 15) is 4.79 Å². The average Bonchev–Trinajstić information content (AvgIpc) is 2.69. The molecule has 0 aliphatic heterocycles. The summed E-state index contributed by atoms with van der Waals surface area (Å²) < 4.78 is 1.84. The Bertz CT molecular complexity index is 474. The number of imidazole rings is 1. The van der Waals surface area contributed by atoms with Crippen LogP contribution in [0.25, 0.3) is 0 Å². The number of aryl methyl sites for hydroxylation is 1. The van der Waals surface area contributed by atoms with Crippen LogP contribution in [0.2, 0.25) is 0 Å². The zero-order valence-corrected chi connectivity index (χ0v) is 8.55. The third kappa shape index (κ3) is 1.96. The molecular formula is C12H12N2O. The zero-order chi connectivity index (χ0) is 10.7. The van der Waals surface area contributed by atoms with Crippen LogP contribution >= 0.6 is 0 Å². The molecule has 15 heavy (non-hydrogen) atoms. The van der Waals surface area contributed by atoms with Crippen LogP contribution in [0, 0.1) is 6.92 Å². The summed E-state index contributed by atoms with van der Waals surface area (Å²) in [7, 11) is 0. The predicted octanol–water partition coefficient (Wildman–Crippen LogP) is 2.05. The molecule has 0 atom stereocenters. The molecule has 0 aliphatic carbocycles. The maximum Gasteiger partial charge on any atom is 0.185 e. The number of aldehydes is 1. The van der Waals surface area contributed by atoms with E-state index in [1.807, 2.05) is 22.9 Å². The molecule has 0 bridgehead atoms. The van der Waals surface area contributed by atoms with Crippen LogP contribution in [0.3, 0.4) is 0 Å². The van der Waals surface area contributed by atoms with Gasteiger partial charge < -0.3 is 4.57 Å². The molecule has 0 amide bonds. The molecule has 3 heteroatoms. The number of benzene rings is 1. The largest absolute Gasteiger partial charge is 0.324 e. The first-order valence-corrected chi connectivity index (χ1v) is 4.82. The van der Waals surface area contributed by atoms with Gasteiger partial charge in [0.25, 0.3) is 0 Å². The maximum absolute atomic E-state index is 10.7. The lowest BCUT2D eigenvalue weighted by molar-refractivity contribution is 0.111. The Balaban J connectivity index is 2.29. The quantitative estimate of drug-likeness (QED) is 0.711. The fraction of sp³-hybridized carbons (Fsp3) is 0.167. The summed E-state index contributed by atoms with van der Waals surface area (Å²) in [5, 5.41) is 0. The fourth-order valence-corrected chi connectivity index (χ4v) is 1.54. The van der Waals surface area contributed by atoms with E-state index < -0.39 is 0 Å². The minimum absolute atomic E-state index is 0.471. The minimum Gasteiger partial charge on any atom is -0.324 e. The molecule has 0 N–H and O–H groups in total. The van der Waals surface area contributed by atoms with Crippen molar-refractivity contribution in [3.63, 3.8) is 0 Å². The normalized spacial score (nSPS) is 10.2. The highest BCUT2D eigenvalue weighted by molar-refractivity contribution is 5.69. The molecule has 3 nitrogen and oxygen atoms in total. The molecule has 0 spiro atoms. The van der Waals surface area contributed by atoms with Gasteiger partial charge in [0.05, 0.1) is 0 Å². The van der Waals surface area contributed by atoms with Gasteiger partial charge in [-0.25, -0.2) is 4.98 Å². The summed E-state index contributed by atoms with van der Waals surface area (Å²) >= 11 is 0. The molecule has 76 valence electrons. The van der Waals surface area contributed by atoms with Crippen LogP contribution in [0.15, 0.2) is 36.7 Å². The molecule has 2 aromatic rings. The van der Waals surface area contributed by atoms with Crippen LogP contribution in [0.4, 0.5) is 0 Å². The fourth-order valence-electron chi connectivity index (χ4n) is 1.54. The summed E-state index contributed by atoms with van der Waals surface area (Å²) in [5.41, 5.74) is 2.43. The van der Waals surface area contributed by atoms with Gasteiger partial charge in [0, 0.05) is 18.9 Å². The van der Waals surface area contributed by atoms with Crippen LogP contribution in [0.1, 0.15) is 21.7 Å². The summed E-state index contributed by atoms with van der Waals surface area (Å²) in [6.45, 7) is 2.76. The van der Waals surface area contributed by atoms with Gasteiger partial charge in [-0.05, 0) is 18.1 Å². The number of carbonyl (C=O) groups excluding carboxylic acids is 1. The molecule has 1 heterocycles. The number of carbonyl (C=O) groups is 1. The van der Waals surface area contributed by atoms with Gasteiger partial charge in [-0.1, -0.05) is 24.3 Å². The smallest absolute Gasteiger partial charge is 0.185 e. The molecular weight excluding hydrogens is 188 g/mol. The summed E-state index contributed by atoms with van der Waals surface area (Å²) in [6, 6.07) is 8.13. The first kappa shape index (κ1) is 9.65. The van der Waals surface area contributed by atoms with E-state index in [1.54, 1.807) is 6.20 Å². The van der Waals surface area contributed by atoms with Crippen molar-refractivity contribution >= 4 is 6.29 Å². The zero-order valence-electron chi connectivity index (χ0n) is 8.55. The first-order chi connectivity index (χ1) is 7.31. The second-order valence-corrected chi connectivity index (χ2v) is 3.46. The highest BCUT2D eigenvalue weighted by Gasteiger charge is 2.03. The van der Waals surface area contributed by atoms with E-state index in [0.29, 0.717) is 12.4 Å². The van der Waals surface area contributed by atoms with Crippen molar-refractivity contribution < 1.29 is 4.79 Å². The van der Waals surface area contributed by atoms with E-state index in [2.05, 4.69) is 24.0 Å². The lowest BCUT2D eigenvalue weighted by Gasteiger charge is -2.07. The van der Waals surface area contributed by atoms with Crippen molar-refractivity contribution in [3.05, 3.63) is 53.6 Å². The maximum atomic E-state index is 10.7. The average molecular weight is 200 g/mol. The third-order valence-electron chi connectivity index (χ3n) is 2.46. The molecule has 0 aliphatic rings. The van der Waals surface area contributed by atoms with Crippen molar-refractivity contribution in [1.82, 2.24) is 9.55 Å². The van der Waals surface area contributed by atoms with Crippen molar-refractivity contribution in [1.29, 1.82) is 0 Å². The van der Waals surface area contributed by atoms with Crippen molar-refractivity contribution in [3.8, 4) is 0 Å². The van der Waals surface area contributed by atoms with Crippen LogP contribution in [-0.4, -0.2) is 15.8 Å². The SMILES string of the molecule is Cc1ccccc1Cn1ccnc1C=O. The highest BCUT2D eigenvalue weighted by Crippen LogP contribution is 2.09. The molecule has 1 aromatic carbocycles. The number of hydrogen-bond acceptors (Lipinski definition) is 2. The van der Waals surface area contributed by atoms with Crippen LogP contribution in [0.5, 0.6) is 0 Å². The number of hydrogen-bond donors (Lipinski definition) is 0. The topological polar surface area (TPSA) is 34.9 Å². The van der Waals surface area contributed by atoms with Crippen LogP contribution in [-0.2, 0) is 6.54 Å². The van der Waals surface area contributed by atoms with E-state index in [1.165, 1.54) is 11.1 Å². The molecule has 1 aromatic heterocycles. The minimum atomic E-state index is 0.471. The lowest BCUT2D eigenvalue weighted by Crippen LogP contribution is -2.04. The second kappa shape index (κ2) is 4.09. The Morgan fingerprint density at radius 3 is 2.93 bits per heavy atom. The highest BCUT2D eigenvalue weighted by atomic mass is 16.1. The van der Waals surface area contributed by atoms with Crippen molar-refractivity contribution in [2.75, 3.05) is 0 Å². The summed E-state index contributed by atoms with van der Waals surface area (Å²) in [4.78, 5) is 14.6. The third-order valence-corrected chi connectivity index (χ3v) is 2.46. The second-order valence-electron chi connectivity index (χ2n) is 3.46. The Labute approximate surface area is 88.4 Å². The van der Waals surface area contributed by atoms with Gasteiger partial charge in [-0.3, -0.25) is 4.79 Å². The van der Waals surface area contributed by atoms with Crippen molar-refractivity contribution in [2.24, 2.45) is 0 Å². The van der Waals surface area contributed by atoms with Gasteiger partial charge in [-0.15, -0.1) is 0 Å². The predicted molar refractivity (Wildman–Crippen MR) is 57.9 cm³/mol. The Hall–Kier alpha value is -1.90. The van der Waals surface area contributed by atoms with E-state index in [0.717, 1.165) is 6.29 Å². The molecule has 0 unspecified atom stereocenters. The lowest BCUT2D eigenvalue weighted by atomic mass is 10.1. The molecule has 0 saturated carbocycles. The Kier molecular flexibility index (Phi) is 2.63. The molecule has 0 radical (unpaired) electrons. The molecule has 0 fully saturated rings. The van der Waals surface area contributed by atoms with Crippen molar-refractivity contribution in [2.45, 2.75) is 13.5 Å². The van der Waals surface area contributed by atoms with Gasteiger partial charge in [-0.2, -0.15) is 0 Å². The van der Waals surface area contributed by atoms with E-state index in [-0.39, 0.29) is 0 Å². The number of aromatic nitrogens is 2. The standard InChI is InChI=1S/C12H12N2O/c1-10-4-2-3-5-11(10)8-14-7-6-13-12(14)9-15/h2-7,9H,8H2,1H3. The molecule has 0 saturated heterocycles. The van der Waals surface area contributed by atoms with E-state index in [4.69, 9.17) is 0 Å². The van der Waals surface area contributed by atoms with E-state index >= 15 is 0 Å². The summed E-state index contributed by atoms with van der Waals surface area (Å²) in [6.07, 6.45) is 4.23. The molecule has 2 rings (SSSR count). The van der Waals surface area contributed by atoms with Crippen LogP contribution < -0.4 is 0 Å². The summed E-state index contributed by atoms with van der Waals surface area (Å²) in [5.74, 6) is 0.471. The van der Waals surface area contributed by atoms with Gasteiger partial charge in [0.2, 0.25) is 0 Å². The first-order valence-electron chi connectivity index (χ1n) is 4.82. The van der Waals surface area contributed by atoms with Gasteiger partial charge in [0.1, 0.15) is 0 Å². The Morgan fingerprint density at radius 1 is 1.40 bits per heavy atom. The van der Waals surface area contributed by atoms with Gasteiger partial charge >= 0.3 is 0 Å². The number of rotatable bonds is 3. The van der Waals surface area contributed by atoms with Gasteiger partial charge in [0.15, 0.2) is 12.1 Å².